The fourth-order valence-corrected chi connectivity index (χ4v) is 5.08. The molecule has 1 spiro atoms. The summed E-state index contributed by atoms with van der Waals surface area (Å²) in [6, 6.07) is 12.0. The van der Waals surface area contributed by atoms with Crippen LogP contribution in [-0.4, -0.2) is 45.5 Å². The summed E-state index contributed by atoms with van der Waals surface area (Å²) in [6.45, 7) is 2.09. The van der Waals surface area contributed by atoms with Crippen LogP contribution in [0.5, 0.6) is 0 Å². The molecule has 6 heteroatoms. The number of hydrogen-bond donors (Lipinski definition) is 0. The first-order valence-corrected chi connectivity index (χ1v) is 9.78. The summed E-state index contributed by atoms with van der Waals surface area (Å²) < 4.78 is 19.1. The molecule has 0 bridgehead atoms. The van der Waals surface area contributed by atoms with Gasteiger partial charge in [0.25, 0.3) is 0 Å². The SMILES string of the molecule is O=C(Cc1ccc(F)cc1)N1CC2(C[C@H](OCc3ccccn3)CS2)C1. The Hall–Kier alpha value is -1.92. The molecule has 0 saturated carbocycles. The Bertz CT molecular complexity index is 763. The maximum Gasteiger partial charge on any atom is 0.227 e. The van der Waals surface area contributed by atoms with E-state index in [1.54, 1.807) is 18.3 Å². The number of carbonyl (C=O) groups excluding carboxylic acids is 1. The minimum Gasteiger partial charge on any atom is -0.371 e. The van der Waals surface area contributed by atoms with E-state index in [1.807, 2.05) is 34.9 Å². The summed E-state index contributed by atoms with van der Waals surface area (Å²) >= 11 is 1.92. The van der Waals surface area contributed by atoms with E-state index in [1.165, 1.54) is 12.1 Å². The highest BCUT2D eigenvalue weighted by Gasteiger charge is 2.50. The van der Waals surface area contributed by atoms with Gasteiger partial charge in [0.2, 0.25) is 5.91 Å². The molecule has 0 aliphatic carbocycles. The van der Waals surface area contributed by atoms with Crippen LogP contribution in [0.2, 0.25) is 0 Å². The third-order valence-electron chi connectivity index (χ3n) is 4.95. The number of carbonyl (C=O) groups is 1. The van der Waals surface area contributed by atoms with E-state index < -0.39 is 0 Å². The molecule has 136 valence electrons. The predicted molar refractivity (Wildman–Crippen MR) is 99.3 cm³/mol. The molecule has 2 aliphatic rings. The van der Waals surface area contributed by atoms with E-state index in [0.717, 1.165) is 36.5 Å². The largest absolute Gasteiger partial charge is 0.371 e. The number of nitrogens with zero attached hydrogens (tertiary/aromatic N) is 2. The minimum atomic E-state index is -0.275. The molecule has 2 fully saturated rings. The van der Waals surface area contributed by atoms with Gasteiger partial charge in [-0.3, -0.25) is 9.78 Å². The van der Waals surface area contributed by atoms with Crippen molar-refractivity contribution < 1.29 is 13.9 Å². The Labute approximate surface area is 156 Å². The Morgan fingerprint density at radius 3 is 2.81 bits per heavy atom. The summed E-state index contributed by atoms with van der Waals surface area (Å²) in [5.74, 6) is 0.802. The number of pyridine rings is 1. The highest BCUT2D eigenvalue weighted by molar-refractivity contribution is 8.01. The van der Waals surface area contributed by atoms with Gasteiger partial charge < -0.3 is 9.64 Å². The second kappa shape index (κ2) is 7.37. The first kappa shape index (κ1) is 17.5. The fraction of sp³-hybridized carbons (Fsp3) is 0.400. The lowest BCUT2D eigenvalue weighted by Crippen LogP contribution is -2.61. The van der Waals surface area contributed by atoms with Gasteiger partial charge >= 0.3 is 0 Å². The Morgan fingerprint density at radius 2 is 2.08 bits per heavy atom. The number of likely N-dealkylation sites (tertiary alicyclic amines) is 1. The Kier molecular flexibility index (Phi) is 4.96. The van der Waals surface area contributed by atoms with Gasteiger partial charge in [-0.05, 0) is 36.2 Å². The number of thioether (sulfide) groups is 1. The van der Waals surface area contributed by atoms with E-state index in [9.17, 15) is 9.18 Å². The lowest BCUT2D eigenvalue weighted by atomic mass is 9.92. The first-order chi connectivity index (χ1) is 12.6. The van der Waals surface area contributed by atoms with Crippen LogP contribution in [0.4, 0.5) is 4.39 Å². The summed E-state index contributed by atoms with van der Waals surface area (Å²) in [6.07, 6.45) is 3.31. The summed E-state index contributed by atoms with van der Waals surface area (Å²) in [5.41, 5.74) is 1.80. The number of benzene rings is 1. The molecule has 0 radical (unpaired) electrons. The average Bonchev–Trinajstić information content (AvgIpc) is 3.06. The molecule has 2 aromatic rings. The van der Waals surface area contributed by atoms with Crippen LogP contribution in [0, 0.1) is 5.82 Å². The van der Waals surface area contributed by atoms with Crippen LogP contribution in [0.1, 0.15) is 17.7 Å². The van der Waals surface area contributed by atoms with Gasteiger partial charge in [-0.1, -0.05) is 18.2 Å². The first-order valence-electron chi connectivity index (χ1n) is 8.80. The van der Waals surface area contributed by atoms with Crippen molar-refractivity contribution >= 4 is 17.7 Å². The van der Waals surface area contributed by atoms with Crippen molar-refractivity contribution in [2.75, 3.05) is 18.8 Å². The molecule has 3 heterocycles. The van der Waals surface area contributed by atoms with E-state index in [-0.39, 0.29) is 22.6 Å². The normalized spacial score (nSPS) is 21.0. The third-order valence-corrected chi connectivity index (χ3v) is 6.52. The maximum atomic E-state index is 13.0. The van der Waals surface area contributed by atoms with Crippen LogP contribution in [0.3, 0.4) is 0 Å². The zero-order valence-corrected chi connectivity index (χ0v) is 15.3. The molecule has 4 nitrogen and oxygen atoms in total. The quantitative estimate of drug-likeness (QED) is 0.809. The van der Waals surface area contributed by atoms with Gasteiger partial charge in [-0.15, -0.1) is 11.8 Å². The summed E-state index contributed by atoms with van der Waals surface area (Å²) in [7, 11) is 0. The number of hydrogen-bond acceptors (Lipinski definition) is 4. The lowest BCUT2D eigenvalue weighted by Gasteiger charge is -2.47. The number of amides is 1. The number of halogens is 1. The van der Waals surface area contributed by atoms with Gasteiger partial charge in [0, 0.05) is 25.0 Å². The molecule has 0 N–H and O–H groups in total. The van der Waals surface area contributed by atoms with Crippen molar-refractivity contribution in [1.82, 2.24) is 9.88 Å². The van der Waals surface area contributed by atoms with Crippen molar-refractivity contribution in [1.29, 1.82) is 0 Å². The number of aromatic nitrogens is 1. The third kappa shape index (κ3) is 3.91. The van der Waals surface area contributed by atoms with Gasteiger partial charge in [0.1, 0.15) is 5.82 Å². The molecule has 1 atom stereocenters. The fourth-order valence-electron chi connectivity index (χ4n) is 3.53. The lowest BCUT2D eigenvalue weighted by molar-refractivity contribution is -0.136. The topological polar surface area (TPSA) is 42.4 Å². The number of ether oxygens (including phenoxy) is 1. The predicted octanol–water partition coefficient (Wildman–Crippen LogP) is 3.07. The second-order valence-corrected chi connectivity index (χ2v) is 8.49. The molecule has 1 aromatic carbocycles. The van der Waals surface area contributed by atoms with Gasteiger partial charge in [0.15, 0.2) is 0 Å². The van der Waals surface area contributed by atoms with Crippen LogP contribution in [0.25, 0.3) is 0 Å². The summed E-state index contributed by atoms with van der Waals surface area (Å²) in [4.78, 5) is 18.6. The van der Waals surface area contributed by atoms with E-state index >= 15 is 0 Å². The van der Waals surface area contributed by atoms with E-state index in [4.69, 9.17) is 4.74 Å². The Morgan fingerprint density at radius 1 is 1.27 bits per heavy atom. The van der Waals surface area contributed by atoms with Crippen molar-refractivity contribution in [3.8, 4) is 0 Å². The van der Waals surface area contributed by atoms with Crippen molar-refractivity contribution in [2.45, 2.75) is 30.3 Å². The van der Waals surface area contributed by atoms with Crippen molar-refractivity contribution in [3.05, 3.63) is 65.7 Å². The molecule has 2 saturated heterocycles. The minimum absolute atomic E-state index is 0.112. The Balaban J connectivity index is 1.23. The van der Waals surface area contributed by atoms with Crippen LogP contribution < -0.4 is 0 Å². The van der Waals surface area contributed by atoms with Crippen LogP contribution in [-0.2, 0) is 22.6 Å². The van der Waals surface area contributed by atoms with E-state index in [0.29, 0.717) is 13.0 Å². The van der Waals surface area contributed by atoms with Crippen LogP contribution >= 0.6 is 11.8 Å². The molecule has 0 unspecified atom stereocenters. The average molecular weight is 372 g/mol. The molecule has 1 aromatic heterocycles. The maximum absolute atomic E-state index is 13.0. The van der Waals surface area contributed by atoms with Crippen molar-refractivity contribution in [2.24, 2.45) is 0 Å². The molecular weight excluding hydrogens is 351 g/mol. The molecule has 4 rings (SSSR count). The zero-order valence-electron chi connectivity index (χ0n) is 14.4. The monoisotopic (exact) mass is 372 g/mol. The van der Waals surface area contributed by atoms with Gasteiger partial charge in [0.05, 0.1) is 29.6 Å². The molecule has 26 heavy (non-hydrogen) atoms. The van der Waals surface area contributed by atoms with E-state index in [2.05, 4.69) is 4.98 Å². The zero-order chi connectivity index (χ0) is 18.0. The number of rotatable bonds is 5. The van der Waals surface area contributed by atoms with Gasteiger partial charge in [-0.25, -0.2) is 4.39 Å². The molecular formula is C20H21FN2O2S. The molecule has 2 aliphatic heterocycles. The van der Waals surface area contributed by atoms with Crippen LogP contribution in [0.15, 0.2) is 48.7 Å². The smallest absolute Gasteiger partial charge is 0.227 e. The summed E-state index contributed by atoms with van der Waals surface area (Å²) in [5, 5.41) is 0. The second-order valence-electron chi connectivity index (χ2n) is 7.01. The highest BCUT2D eigenvalue weighted by Crippen LogP contribution is 2.46. The van der Waals surface area contributed by atoms with Crippen molar-refractivity contribution in [3.63, 3.8) is 0 Å². The standard InChI is InChI=1S/C20H21FN2O2S/c21-16-6-4-15(5-7-16)9-19(24)23-13-20(14-23)10-18(12-26-20)25-11-17-3-1-2-8-22-17/h1-8,18H,9-14H2/t18-/m0/s1. The highest BCUT2D eigenvalue weighted by atomic mass is 32.2. The molecule has 1 amide bonds. The van der Waals surface area contributed by atoms with Gasteiger partial charge in [-0.2, -0.15) is 0 Å².